The number of nitrogens with zero attached hydrogens (tertiary/aromatic N) is 1. The third-order valence-corrected chi connectivity index (χ3v) is 2.83. The van der Waals surface area contributed by atoms with Crippen molar-refractivity contribution in [3.05, 3.63) is 40.0 Å². The normalized spacial score (nSPS) is 10.5. The topological polar surface area (TPSA) is 12.9 Å². The summed E-state index contributed by atoms with van der Waals surface area (Å²) < 4.78 is 17.8. The molecule has 1 aromatic heterocycles. The van der Waals surface area contributed by atoms with E-state index >= 15 is 0 Å². The number of aromatic nitrogens is 1. The van der Waals surface area contributed by atoms with E-state index in [2.05, 4.69) is 4.37 Å². The zero-order chi connectivity index (χ0) is 10.1. The molecule has 0 atom stereocenters. The fourth-order valence-electron chi connectivity index (χ4n) is 1.19. The van der Waals surface area contributed by atoms with Crippen molar-refractivity contribution >= 4 is 23.1 Å². The standard InChI is InChI=1S/C10H7ClFNS/c1-6-4-7(2-3-8(6)12)9-5-10(11)14-13-9/h2-5H,1H3. The van der Waals surface area contributed by atoms with E-state index in [1.54, 1.807) is 25.1 Å². The van der Waals surface area contributed by atoms with Gasteiger partial charge in [-0.05, 0) is 48.3 Å². The average Bonchev–Trinajstić information content (AvgIpc) is 2.57. The van der Waals surface area contributed by atoms with Gasteiger partial charge in [-0.15, -0.1) is 0 Å². The molecule has 0 saturated heterocycles. The van der Waals surface area contributed by atoms with Crippen LogP contribution in [-0.4, -0.2) is 4.37 Å². The van der Waals surface area contributed by atoms with Crippen LogP contribution in [0, 0.1) is 12.7 Å². The number of rotatable bonds is 1. The van der Waals surface area contributed by atoms with Gasteiger partial charge in [-0.3, -0.25) is 0 Å². The van der Waals surface area contributed by atoms with E-state index in [9.17, 15) is 4.39 Å². The highest BCUT2D eigenvalue weighted by atomic mass is 35.5. The van der Waals surface area contributed by atoms with Gasteiger partial charge in [0, 0.05) is 5.56 Å². The first kappa shape index (κ1) is 9.62. The molecule has 2 aromatic rings. The molecule has 1 aromatic carbocycles. The molecular formula is C10H7ClFNS. The fourth-order valence-corrected chi connectivity index (χ4v) is 1.91. The van der Waals surface area contributed by atoms with Crippen molar-refractivity contribution < 1.29 is 4.39 Å². The number of aryl methyl sites for hydroxylation is 1. The van der Waals surface area contributed by atoms with Gasteiger partial charge in [-0.2, -0.15) is 4.37 Å². The second-order valence-corrected chi connectivity index (χ2v) is 4.42. The van der Waals surface area contributed by atoms with Gasteiger partial charge in [0.25, 0.3) is 0 Å². The molecule has 1 heterocycles. The van der Waals surface area contributed by atoms with Gasteiger partial charge >= 0.3 is 0 Å². The van der Waals surface area contributed by atoms with E-state index in [-0.39, 0.29) is 5.82 Å². The largest absolute Gasteiger partial charge is 0.207 e. The second kappa shape index (κ2) is 3.67. The lowest BCUT2D eigenvalue weighted by Crippen LogP contribution is -1.83. The van der Waals surface area contributed by atoms with Gasteiger partial charge in [0.2, 0.25) is 0 Å². The molecule has 4 heteroatoms. The van der Waals surface area contributed by atoms with E-state index in [4.69, 9.17) is 11.6 Å². The number of hydrogen-bond donors (Lipinski definition) is 0. The molecule has 14 heavy (non-hydrogen) atoms. The molecule has 0 aliphatic carbocycles. The molecule has 0 aliphatic rings. The van der Waals surface area contributed by atoms with Crippen molar-refractivity contribution in [2.24, 2.45) is 0 Å². The Balaban J connectivity index is 2.47. The van der Waals surface area contributed by atoms with Gasteiger partial charge in [0.05, 0.1) is 5.69 Å². The molecule has 1 nitrogen and oxygen atoms in total. The summed E-state index contributed by atoms with van der Waals surface area (Å²) in [5.41, 5.74) is 2.31. The van der Waals surface area contributed by atoms with Crippen molar-refractivity contribution in [1.29, 1.82) is 0 Å². The van der Waals surface area contributed by atoms with Gasteiger partial charge in [0.15, 0.2) is 0 Å². The Bertz CT molecular complexity index is 467. The summed E-state index contributed by atoms with van der Waals surface area (Å²) in [6.45, 7) is 1.73. The van der Waals surface area contributed by atoms with E-state index in [0.29, 0.717) is 9.90 Å². The summed E-state index contributed by atoms with van der Waals surface area (Å²) in [7, 11) is 0. The van der Waals surface area contributed by atoms with E-state index in [1.165, 1.54) is 17.6 Å². The predicted octanol–water partition coefficient (Wildman–Crippen LogP) is 3.91. The van der Waals surface area contributed by atoms with Crippen molar-refractivity contribution in [3.63, 3.8) is 0 Å². The van der Waals surface area contributed by atoms with E-state index in [0.717, 1.165) is 11.3 Å². The Hall–Kier alpha value is -0.930. The summed E-state index contributed by atoms with van der Waals surface area (Å²) in [5, 5.41) is 0. The van der Waals surface area contributed by atoms with Crippen LogP contribution in [0.2, 0.25) is 4.34 Å². The average molecular weight is 228 g/mol. The Morgan fingerprint density at radius 2 is 2.14 bits per heavy atom. The minimum Gasteiger partial charge on any atom is -0.207 e. The van der Waals surface area contributed by atoms with Crippen LogP contribution in [-0.2, 0) is 0 Å². The predicted molar refractivity (Wildman–Crippen MR) is 57.3 cm³/mol. The molecule has 0 aliphatic heterocycles. The maximum atomic E-state index is 13.0. The van der Waals surface area contributed by atoms with Crippen LogP contribution >= 0.6 is 23.1 Å². The van der Waals surface area contributed by atoms with Crippen LogP contribution in [0.5, 0.6) is 0 Å². The Morgan fingerprint density at radius 3 is 2.71 bits per heavy atom. The molecule has 0 spiro atoms. The van der Waals surface area contributed by atoms with Crippen LogP contribution in [0.3, 0.4) is 0 Å². The van der Waals surface area contributed by atoms with Crippen molar-refractivity contribution in [3.8, 4) is 11.3 Å². The molecule has 0 N–H and O–H groups in total. The second-order valence-electron chi connectivity index (χ2n) is 2.98. The van der Waals surface area contributed by atoms with Crippen LogP contribution in [0.15, 0.2) is 24.3 Å². The Morgan fingerprint density at radius 1 is 1.36 bits per heavy atom. The summed E-state index contributed by atoms with van der Waals surface area (Å²) in [6, 6.07) is 6.69. The van der Waals surface area contributed by atoms with Gasteiger partial charge in [-0.1, -0.05) is 11.6 Å². The van der Waals surface area contributed by atoms with E-state index < -0.39 is 0 Å². The van der Waals surface area contributed by atoms with Gasteiger partial charge in [0.1, 0.15) is 10.2 Å². The van der Waals surface area contributed by atoms with Crippen molar-refractivity contribution in [2.75, 3.05) is 0 Å². The molecule has 0 radical (unpaired) electrons. The first-order chi connectivity index (χ1) is 6.66. The van der Waals surface area contributed by atoms with Gasteiger partial charge < -0.3 is 0 Å². The monoisotopic (exact) mass is 227 g/mol. The molecule has 72 valence electrons. The highest BCUT2D eigenvalue weighted by Gasteiger charge is 2.05. The van der Waals surface area contributed by atoms with Crippen molar-refractivity contribution in [2.45, 2.75) is 6.92 Å². The maximum Gasteiger partial charge on any atom is 0.126 e. The highest BCUT2D eigenvalue weighted by Crippen LogP contribution is 2.26. The third kappa shape index (κ3) is 1.79. The van der Waals surface area contributed by atoms with E-state index in [1.807, 2.05) is 0 Å². The lowest BCUT2D eigenvalue weighted by atomic mass is 10.1. The Labute approximate surface area is 90.3 Å². The molecule has 0 unspecified atom stereocenters. The smallest absolute Gasteiger partial charge is 0.126 e. The minimum absolute atomic E-state index is 0.199. The molecule has 0 fully saturated rings. The summed E-state index contributed by atoms with van der Waals surface area (Å²) in [4.78, 5) is 0. The fraction of sp³-hybridized carbons (Fsp3) is 0.100. The SMILES string of the molecule is Cc1cc(-c2cc(Cl)sn2)ccc1F. The Kier molecular flexibility index (Phi) is 2.52. The highest BCUT2D eigenvalue weighted by molar-refractivity contribution is 7.10. The molecule has 2 rings (SSSR count). The number of benzene rings is 1. The molecule has 0 amide bonds. The molecule has 0 bridgehead atoms. The summed E-state index contributed by atoms with van der Waals surface area (Å²) >= 11 is 6.99. The van der Waals surface area contributed by atoms with Crippen LogP contribution in [0.4, 0.5) is 4.39 Å². The number of hydrogen-bond acceptors (Lipinski definition) is 2. The quantitative estimate of drug-likeness (QED) is 0.720. The minimum atomic E-state index is -0.199. The molecular weight excluding hydrogens is 221 g/mol. The van der Waals surface area contributed by atoms with Crippen LogP contribution < -0.4 is 0 Å². The van der Waals surface area contributed by atoms with Crippen LogP contribution in [0.25, 0.3) is 11.3 Å². The van der Waals surface area contributed by atoms with Crippen LogP contribution in [0.1, 0.15) is 5.56 Å². The lowest BCUT2D eigenvalue weighted by molar-refractivity contribution is 0.619. The lowest BCUT2D eigenvalue weighted by Gasteiger charge is -1.99. The molecule has 0 saturated carbocycles. The first-order valence-corrected chi connectivity index (χ1v) is 5.21. The zero-order valence-corrected chi connectivity index (χ0v) is 8.99. The first-order valence-electron chi connectivity index (χ1n) is 4.05. The summed E-state index contributed by atoms with van der Waals surface area (Å²) in [6.07, 6.45) is 0. The summed E-state index contributed by atoms with van der Waals surface area (Å²) in [5.74, 6) is -0.199. The third-order valence-electron chi connectivity index (χ3n) is 1.94. The van der Waals surface area contributed by atoms with Crippen molar-refractivity contribution in [1.82, 2.24) is 4.37 Å². The van der Waals surface area contributed by atoms with Gasteiger partial charge in [-0.25, -0.2) is 4.39 Å². The zero-order valence-electron chi connectivity index (χ0n) is 7.42. The maximum absolute atomic E-state index is 13.0. The number of halogens is 2.